The van der Waals surface area contributed by atoms with Gasteiger partial charge in [0, 0.05) is 26.2 Å². The van der Waals surface area contributed by atoms with Gasteiger partial charge >= 0.3 is 0 Å². The molecule has 0 aliphatic rings. The van der Waals surface area contributed by atoms with E-state index in [-0.39, 0.29) is 0 Å². The molecule has 0 spiro atoms. The van der Waals surface area contributed by atoms with E-state index in [0.717, 1.165) is 39.3 Å². The number of hydrogen-bond donors (Lipinski definition) is 1. The summed E-state index contributed by atoms with van der Waals surface area (Å²) in [5.74, 6) is 0. The fraction of sp³-hybridized carbons (Fsp3) is 1.00. The van der Waals surface area contributed by atoms with Crippen molar-refractivity contribution in [2.24, 2.45) is 5.73 Å². The molecule has 0 bridgehead atoms. The van der Waals surface area contributed by atoms with Gasteiger partial charge in [0.15, 0.2) is 0 Å². The van der Waals surface area contributed by atoms with Crippen LogP contribution in [0.2, 0.25) is 0 Å². The second-order valence-corrected chi connectivity index (χ2v) is 2.70. The molecular formula is C8H20N2O. The van der Waals surface area contributed by atoms with Gasteiger partial charge < -0.3 is 15.4 Å². The molecule has 0 aromatic rings. The lowest BCUT2D eigenvalue weighted by atomic mass is 10.5. The summed E-state index contributed by atoms with van der Waals surface area (Å²) in [6, 6.07) is 0. The average molecular weight is 160 g/mol. The minimum atomic E-state index is 0.726. The van der Waals surface area contributed by atoms with Crippen LogP contribution in [0, 0.1) is 0 Å². The van der Waals surface area contributed by atoms with Gasteiger partial charge in [-0.05, 0) is 13.5 Å². The Morgan fingerprint density at radius 2 is 2.00 bits per heavy atom. The monoisotopic (exact) mass is 160 g/mol. The van der Waals surface area contributed by atoms with Crippen LogP contribution in [-0.4, -0.2) is 44.8 Å². The van der Waals surface area contributed by atoms with Crippen LogP contribution >= 0.6 is 0 Å². The molecule has 2 N–H and O–H groups in total. The fourth-order valence-corrected chi connectivity index (χ4v) is 0.799. The quantitative estimate of drug-likeness (QED) is 0.544. The highest BCUT2D eigenvalue weighted by Crippen LogP contribution is 1.83. The van der Waals surface area contributed by atoms with Gasteiger partial charge in [0.1, 0.15) is 0 Å². The molecule has 0 unspecified atom stereocenters. The van der Waals surface area contributed by atoms with E-state index in [9.17, 15) is 0 Å². The van der Waals surface area contributed by atoms with Crippen molar-refractivity contribution in [2.45, 2.75) is 13.3 Å². The van der Waals surface area contributed by atoms with Gasteiger partial charge in [-0.25, -0.2) is 0 Å². The molecule has 0 saturated carbocycles. The third-order valence-corrected chi connectivity index (χ3v) is 1.48. The van der Waals surface area contributed by atoms with E-state index < -0.39 is 0 Å². The minimum absolute atomic E-state index is 0.726. The number of hydrogen-bond acceptors (Lipinski definition) is 3. The lowest BCUT2D eigenvalue weighted by Crippen LogP contribution is -2.28. The molecule has 68 valence electrons. The van der Waals surface area contributed by atoms with Crippen molar-refractivity contribution >= 4 is 0 Å². The zero-order chi connectivity index (χ0) is 8.53. The maximum atomic E-state index is 5.38. The van der Waals surface area contributed by atoms with Crippen LogP contribution in [0.4, 0.5) is 0 Å². The molecule has 0 atom stereocenters. The summed E-state index contributed by atoms with van der Waals surface area (Å²) < 4.78 is 5.32. The van der Waals surface area contributed by atoms with Crippen LogP contribution < -0.4 is 5.73 Å². The van der Waals surface area contributed by atoms with Crippen molar-refractivity contribution < 1.29 is 4.74 Å². The van der Waals surface area contributed by atoms with Crippen LogP contribution in [-0.2, 0) is 4.74 Å². The van der Waals surface area contributed by atoms with Crippen molar-refractivity contribution in [1.82, 2.24) is 4.90 Å². The fourth-order valence-electron chi connectivity index (χ4n) is 0.799. The van der Waals surface area contributed by atoms with Crippen LogP contribution in [0.3, 0.4) is 0 Å². The second kappa shape index (κ2) is 7.98. The molecule has 0 aromatic carbocycles. The first-order valence-corrected chi connectivity index (χ1v) is 4.27. The smallest absolute Gasteiger partial charge is 0.0593 e. The highest BCUT2D eigenvalue weighted by Gasteiger charge is 1.94. The van der Waals surface area contributed by atoms with Gasteiger partial charge in [0.05, 0.1) is 6.61 Å². The van der Waals surface area contributed by atoms with Gasteiger partial charge in [-0.1, -0.05) is 6.92 Å². The molecule has 0 amide bonds. The third kappa shape index (κ3) is 7.78. The average Bonchev–Trinajstić information content (AvgIpc) is 1.99. The predicted molar refractivity (Wildman–Crippen MR) is 47.7 cm³/mol. The molecule has 0 aliphatic heterocycles. The molecule has 0 aromatic heterocycles. The highest BCUT2D eigenvalue weighted by molar-refractivity contribution is 4.49. The molecule has 0 saturated heterocycles. The highest BCUT2D eigenvalue weighted by atomic mass is 16.5. The molecule has 0 heterocycles. The van der Waals surface area contributed by atoms with Gasteiger partial charge in [0.25, 0.3) is 0 Å². The Labute approximate surface area is 69.5 Å². The lowest BCUT2D eigenvalue weighted by molar-refractivity contribution is 0.113. The second-order valence-electron chi connectivity index (χ2n) is 2.70. The Bertz CT molecular complexity index is 78.5. The molecular weight excluding hydrogens is 140 g/mol. The standard InChI is InChI=1S/C8H20N2O/c1-3-7-11-8-6-10(2)5-4-9/h3-9H2,1-2H3. The van der Waals surface area contributed by atoms with Crippen LogP contribution in [0.5, 0.6) is 0 Å². The SMILES string of the molecule is CCCOCCN(C)CCN. The van der Waals surface area contributed by atoms with E-state index in [1.807, 2.05) is 0 Å². The lowest BCUT2D eigenvalue weighted by Gasteiger charge is -2.14. The van der Waals surface area contributed by atoms with Gasteiger partial charge in [-0.2, -0.15) is 0 Å². The maximum Gasteiger partial charge on any atom is 0.0593 e. The van der Waals surface area contributed by atoms with Crippen molar-refractivity contribution in [3.63, 3.8) is 0 Å². The summed E-state index contributed by atoms with van der Waals surface area (Å²) in [6.45, 7) is 6.47. The van der Waals surface area contributed by atoms with E-state index >= 15 is 0 Å². The molecule has 3 heteroatoms. The third-order valence-electron chi connectivity index (χ3n) is 1.48. The van der Waals surface area contributed by atoms with E-state index in [1.54, 1.807) is 0 Å². The molecule has 0 fully saturated rings. The van der Waals surface area contributed by atoms with E-state index in [1.165, 1.54) is 0 Å². The Balaban J connectivity index is 2.97. The number of nitrogens with zero attached hydrogens (tertiary/aromatic N) is 1. The normalized spacial score (nSPS) is 10.9. The maximum absolute atomic E-state index is 5.38. The summed E-state index contributed by atoms with van der Waals surface area (Å²) in [5.41, 5.74) is 5.38. The number of rotatable bonds is 7. The molecule has 11 heavy (non-hydrogen) atoms. The number of ether oxygens (including phenoxy) is 1. The minimum Gasteiger partial charge on any atom is -0.380 e. The van der Waals surface area contributed by atoms with Gasteiger partial charge in [0.2, 0.25) is 0 Å². The van der Waals surface area contributed by atoms with E-state index in [4.69, 9.17) is 10.5 Å². The van der Waals surface area contributed by atoms with Crippen molar-refractivity contribution in [3.8, 4) is 0 Å². The summed E-state index contributed by atoms with van der Waals surface area (Å²) >= 11 is 0. The predicted octanol–water partition coefficient (Wildman–Crippen LogP) is 0.304. The Morgan fingerprint density at radius 3 is 2.55 bits per heavy atom. The summed E-state index contributed by atoms with van der Waals surface area (Å²) in [7, 11) is 2.06. The largest absolute Gasteiger partial charge is 0.380 e. The molecule has 0 radical (unpaired) electrons. The zero-order valence-electron chi connectivity index (χ0n) is 7.68. The molecule has 0 aliphatic carbocycles. The van der Waals surface area contributed by atoms with Crippen LogP contribution in [0.1, 0.15) is 13.3 Å². The Kier molecular flexibility index (Phi) is 7.89. The zero-order valence-corrected chi connectivity index (χ0v) is 7.68. The molecule has 0 rings (SSSR count). The van der Waals surface area contributed by atoms with E-state index in [2.05, 4.69) is 18.9 Å². The van der Waals surface area contributed by atoms with Crippen molar-refractivity contribution in [1.29, 1.82) is 0 Å². The first-order chi connectivity index (χ1) is 5.31. The van der Waals surface area contributed by atoms with Gasteiger partial charge in [-0.3, -0.25) is 0 Å². The van der Waals surface area contributed by atoms with Crippen molar-refractivity contribution in [2.75, 3.05) is 39.9 Å². The summed E-state index contributed by atoms with van der Waals surface area (Å²) in [5, 5.41) is 0. The summed E-state index contributed by atoms with van der Waals surface area (Å²) in [6.07, 6.45) is 1.10. The number of likely N-dealkylation sites (N-methyl/N-ethyl adjacent to an activating group) is 1. The first kappa shape index (κ1) is 10.9. The van der Waals surface area contributed by atoms with Gasteiger partial charge in [-0.15, -0.1) is 0 Å². The van der Waals surface area contributed by atoms with E-state index in [0.29, 0.717) is 0 Å². The van der Waals surface area contributed by atoms with Crippen molar-refractivity contribution in [3.05, 3.63) is 0 Å². The first-order valence-electron chi connectivity index (χ1n) is 4.27. The molecule has 3 nitrogen and oxygen atoms in total. The summed E-state index contributed by atoms with van der Waals surface area (Å²) in [4.78, 5) is 2.18. The van der Waals surface area contributed by atoms with Crippen LogP contribution in [0.15, 0.2) is 0 Å². The van der Waals surface area contributed by atoms with Crippen LogP contribution in [0.25, 0.3) is 0 Å². The Morgan fingerprint density at radius 1 is 1.27 bits per heavy atom. The topological polar surface area (TPSA) is 38.5 Å². The number of nitrogens with two attached hydrogens (primary N) is 1. The Hall–Kier alpha value is -0.120.